The molecule has 1 rings (SSSR count). The molecule has 0 N–H and O–H groups in total. The zero-order valence-electron chi connectivity index (χ0n) is 12.2. The van der Waals surface area contributed by atoms with Gasteiger partial charge in [-0.05, 0) is 24.8 Å². The Hall–Kier alpha value is -1.52. The Labute approximate surface area is 113 Å². The van der Waals surface area contributed by atoms with Crippen LogP contribution < -0.4 is 0 Å². The molecule has 0 aromatic carbocycles. The highest BCUT2D eigenvalue weighted by molar-refractivity contribution is 5.93. The lowest BCUT2D eigenvalue weighted by Crippen LogP contribution is -2.42. The highest BCUT2D eigenvalue weighted by Gasteiger charge is 2.54. The molecule has 108 valence electrons. The van der Waals surface area contributed by atoms with E-state index < -0.39 is 17.7 Å². The predicted octanol–water partition coefficient (Wildman–Crippen LogP) is 2.41. The maximum atomic E-state index is 12.0. The van der Waals surface area contributed by atoms with Gasteiger partial charge < -0.3 is 14.2 Å². The van der Waals surface area contributed by atoms with Crippen molar-refractivity contribution in [3.63, 3.8) is 0 Å². The Kier molecular flexibility index (Phi) is 4.97. The third-order valence-electron chi connectivity index (χ3n) is 2.48. The van der Waals surface area contributed by atoms with Crippen LogP contribution in [0.15, 0.2) is 11.8 Å². The van der Waals surface area contributed by atoms with Gasteiger partial charge in [0.2, 0.25) is 5.76 Å². The monoisotopic (exact) mass is 270 g/mol. The second kappa shape index (κ2) is 6.08. The van der Waals surface area contributed by atoms with Crippen molar-refractivity contribution in [1.82, 2.24) is 0 Å². The number of hydrogen-bond donors (Lipinski definition) is 0. The van der Waals surface area contributed by atoms with Gasteiger partial charge in [-0.3, -0.25) is 0 Å². The van der Waals surface area contributed by atoms with Crippen LogP contribution >= 0.6 is 0 Å². The van der Waals surface area contributed by atoms with Crippen LogP contribution in [0, 0.1) is 11.8 Å². The number of cyclic esters (lactones) is 1. The molecule has 0 spiro atoms. The fourth-order valence-corrected chi connectivity index (χ4v) is 1.87. The summed E-state index contributed by atoms with van der Waals surface area (Å²) in [5.74, 6) is -2.55. The molecule has 1 aliphatic heterocycles. The lowest BCUT2D eigenvalue weighted by atomic mass is 10.0. The average molecular weight is 270 g/mol. The predicted molar refractivity (Wildman–Crippen MR) is 68.9 cm³/mol. The van der Waals surface area contributed by atoms with Crippen LogP contribution in [0.25, 0.3) is 0 Å². The van der Waals surface area contributed by atoms with Gasteiger partial charge >= 0.3 is 17.7 Å². The summed E-state index contributed by atoms with van der Waals surface area (Å²) in [6, 6.07) is 0. The molecule has 0 saturated carbocycles. The van der Waals surface area contributed by atoms with E-state index in [-0.39, 0.29) is 30.6 Å². The van der Waals surface area contributed by atoms with Gasteiger partial charge in [-0.2, -0.15) is 0 Å². The van der Waals surface area contributed by atoms with Gasteiger partial charge in [0.25, 0.3) is 0 Å². The van der Waals surface area contributed by atoms with Crippen LogP contribution in [0.4, 0.5) is 0 Å². The normalized spacial score (nSPS) is 24.8. The van der Waals surface area contributed by atoms with E-state index >= 15 is 0 Å². The van der Waals surface area contributed by atoms with Crippen LogP contribution in [0.3, 0.4) is 0 Å². The summed E-state index contributed by atoms with van der Waals surface area (Å²) in [6.07, 6.45) is 1.91. The van der Waals surface area contributed by atoms with E-state index in [0.29, 0.717) is 0 Å². The van der Waals surface area contributed by atoms with E-state index in [1.54, 1.807) is 13.0 Å². The Bertz CT molecular complexity index is 383. The van der Waals surface area contributed by atoms with Crippen LogP contribution in [0.5, 0.6) is 0 Å². The number of allylic oxidation sites excluding steroid dienone is 1. The van der Waals surface area contributed by atoms with Crippen LogP contribution in [-0.4, -0.2) is 24.3 Å². The van der Waals surface area contributed by atoms with Crippen molar-refractivity contribution in [1.29, 1.82) is 0 Å². The molecule has 0 aliphatic carbocycles. The molecule has 5 heteroatoms. The summed E-state index contributed by atoms with van der Waals surface area (Å²) in [6.45, 7) is 9.57. The summed E-state index contributed by atoms with van der Waals surface area (Å²) in [5.41, 5.74) is 0. The maximum Gasteiger partial charge on any atom is 0.392 e. The maximum absolute atomic E-state index is 12.0. The SMILES string of the molecule is CCOC(=O)C1(CC(C)C)OC(=O)/C(=C/C(C)C)O1. The minimum Gasteiger partial charge on any atom is -0.460 e. The van der Waals surface area contributed by atoms with E-state index in [2.05, 4.69) is 0 Å². The zero-order chi connectivity index (χ0) is 14.6. The zero-order valence-corrected chi connectivity index (χ0v) is 12.2. The molecule has 0 bridgehead atoms. The van der Waals surface area contributed by atoms with E-state index in [9.17, 15) is 9.59 Å². The van der Waals surface area contributed by atoms with Gasteiger partial charge in [0.15, 0.2) is 0 Å². The molecule has 1 unspecified atom stereocenters. The molecule has 0 radical (unpaired) electrons. The summed E-state index contributed by atoms with van der Waals surface area (Å²) in [5, 5.41) is 0. The van der Waals surface area contributed by atoms with Gasteiger partial charge in [0.1, 0.15) is 0 Å². The number of carbonyl (C=O) groups excluding carboxylic acids is 2. The number of hydrogen-bond acceptors (Lipinski definition) is 5. The molecule has 0 aromatic heterocycles. The van der Waals surface area contributed by atoms with E-state index in [0.717, 1.165) is 0 Å². The molecule has 1 fully saturated rings. The molecule has 19 heavy (non-hydrogen) atoms. The van der Waals surface area contributed by atoms with Gasteiger partial charge in [0.05, 0.1) is 6.61 Å². The minimum atomic E-state index is -1.62. The summed E-state index contributed by atoms with van der Waals surface area (Å²) >= 11 is 0. The number of rotatable bonds is 5. The second-order valence-corrected chi connectivity index (χ2v) is 5.34. The first kappa shape index (κ1) is 15.5. The largest absolute Gasteiger partial charge is 0.460 e. The molecule has 1 saturated heterocycles. The van der Waals surface area contributed by atoms with Crippen molar-refractivity contribution >= 4 is 11.9 Å². The lowest BCUT2D eigenvalue weighted by molar-refractivity contribution is -0.209. The summed E-state index contributed by atoms with van der Waals surface area (Å²) in [7, 11) is 0. The Morgan fingerprint density at radius 1 is 1.32 bits per heavy atom. The van der Waals surface area contributed by atoms with Crippen molar-refractivity contribution in [3.8, 4) is 0 Å². The molecular weight excluding hydrogens is 248 g/mol. The lowest BCUT2D eigenvalue weighted by Gasteiger charge is -2.25. The fourth-order valence-electron chi connectivity index (χ4n) is 1.87. The summed E-state index contributed by atoms with van der Waals surface area (Å²) < 4.78 is 15.7. The van der Waals surface area contributed by atoms with E-state index in [1.807, 2.05) is 27.7 Å². The van der Waals surface area contributed by atoms with Gasteiger partial charge in [-0.15, -0.1) is 0 Å². The highest BCUT2D eigenvalue weighted by Crippen LogP contribution is 2.34. The van der Waals surface area contributed by atoms with Gasteiger partial charge in [-0.1, -0.05) is 27.7 Å². The minimum absolute atomic E-state index is 0.0868. The first-order valence-electron chi connectivity index (χ1n) is 6.62. The molecule has 1 atom stereocenters. The molecule has 1 aliphatic rings. The van der Waals surface area contributed by atoms with Crippen molar-refractivity contribution in [2.75, 3.05) is 6.61 Å². The quantitative estimate of drug-likeness (QED) is 0.567. The first-order chi connectivity index (χ1) is 8.80. The summed E-state index contributed by atoms with van der Waals surface area (Å²) in [4.78, 5) is 23.8. The van der Waals surface area contributed by atoms with E-state index in [1.165, 1.54) is 0 Å². The number of carbonyl (C=O) groups is 2. The smallest absolute Gasteiger partial charge is 0.392 e. The molecule has 0 amide bonds. The molecule has 0 aromatic rings. The van der Waals surface area contributed by atoms with Crippen molar-refractivity contribution in [2.24, 2.45) is 11.8 Å². The third kappa shape index (κ3) is 3.72. The average Bonchev–Trinajstić information content (AvgIpc) is 2.55. The van der Waals surface area contributed by atoms with Gasteiger partial charge in [-0.25, -0.2) is 9.59 Å². The van der Waals surface area contributed by atoms with Crippen LogP contribution in [-0.2, 0) is 23.8 Å². The van der Waals surface area contributed by atoms with Gasteiger partial charge in [0, 0.05) is 6.42 Å². The van der Waals surface area contributed by atoms with Crippen molar-refractivity contribution < 1.29 is 23.8 Å². The van der Waals surface area contributed by atoms with Crippen LogP contribution in [0.2, 0.25) is 0 Å². The Morgan fingerprint density at radius 2 is 1.95 bits per heavy atom. The molecule has 1 heterocycles. The topological polar surface area (TPSA) is 61.8 Å². The third-order valence-corrected chi connectivity index (χ3v) is 2.48. The molecule has 5 nitrogen and oxygen atoms in total. The number of esters is 2. The van der Waals surface area contributed by atoms with E-state index in [4.69, 9.17) is 14.2 Å². The Morgan fingerprint density at radius 3 is 2.42 bits per heavy atom. The first-order valence-corrected chi connectivity index (χ1v) is 6.62. The fraction of sp³-hybridized carbons (Fsp3) is 0.714. The second-order valence-electron chi connectivity index (χ2n) is 5.34. The van der Waals surface area contributed by atoms with Crippen molar-refractivity contribution in [3.05, 3.63) is 11.8 Å². The Balaban J connectivity index is 3.01. The highest BCUT2D eigenvalue weighted by atomic mass is 16.8. The molecular formula is C14H22O5. The van der Waals surface area contributed by atoms with Crippen molar-refractivity contribution in [2.45, 2.75) is 46.8 Å². The van der Waals surface area contributed by atoms with Crippen LogP contribution in [0.1, 0.15) is 41.0 Å². The standard InChI is InChI=1S/C14H22O5/c1-6-17-13(16)14(8-10(4)5)18-11(7-9(2)3)12(15)19-14/h7,9-10H,6,8H2,1-5H3/b11-7-. The number of ether oxygens (including phenoxy) is 3.